The largest absolute Gasteiger partial charge is 0.329 e. The average Bonchev–Trinajstić information content (AvgIpc) is 2.17. The van der Waals surface area contributed by atoms with Gasteiger partial charge in [0.2, 0.25) is 0 Å². The molecule has 2 unspecified atom stereocenters. The van der Waals surface area contributed by atoms with Crippen LogP contribution in [0.1, 0.15) is 45.4 Å². The molecule has 2 fully saturated rings. The molecule has 2 atom stereocenters. The Kier molecular flexibility index (Phi) is 3.68. The minimum absolute atomic E-state index is 0.559. The molecule has 88 valence electrons. The van der Waals surface area contributed by atoms with E-state index in [1.54, 1.807) is 0 Å². The summed E-state index contributed by atoms with van der Waals surface area (Å²) in [5.74, 6) is 2.06. The lowest BCUT2D eigenvalue weighted by atomic mass is 9.61. The molecule has 2 rings (SSSR count). The quantitative estimate of drug-likeness (QED) is 0.698. The summed E-state index contributed by atoms with van der Waals surface area (Å²) in [5, 5.41) is 3.51. The Morgan fingerprint density at radius 3 is 2.53 bits per heavy atom. The topological polar surface area (TPSA) is 38.0 Å². The van der Waals surface area contributed by atoms with Crippen molar-refractivity contribution in [2.24, 2.45) is 23.0 Å². The van der Waals surface area contributed by atoms with Gasteiger partial charge in [0.05, 0.1) is 0 Å². The zero-order valence-corrected chi connectivity index (χ0v) is 10.1. The zero-order chi connectivity index (χ0) is 10.7. The van der Waals surface area contributed by atoms with Crippen LogP contribution in [0.2, 0.25) is 0 Å². The summed E-state index contributed by atoms with van der Waals surface area (Å²) < 4.78 is 0. The van der Waals surface area contributed by atoms with E-state index in [0.29, 0.717) is 5.41 Å². The molecular weight excluding hydrogens is 184 g/mol. The van der Waals surface area contributed by atoms with Crippen LogP contribution in [0.5, 0.6) is 0 Å². The van der Waals surface area contributed by atoms with Crippen molar-refractivity contribution in [3.8, 4) is 0 Å². The van der Waals surface area contributed by atoms with Crippen LogP contribution in [-0.2, 0) is 0 Å². The fourth-order valence-corrected chi connectivity index (χ4v) is 3.89. The van der Waals surface area contributed by atoms with E-state index < -0.39 is 0 Å². The van der Waals surface area contributed by atoms with Gasteiger partial charge >= 0.3 is 0 Å². The van der Waals surface area contributed by atoms with E-state index in [4.69, 9.17) is 5.73 Å². The molecular formula is C13H26N2. The summed E-state index contributed by atoms with van der Waals surface area (Å²) in [7, 11) is 0. The second-order valence-corrected chi connectivity index (χ2v) is 6.08. The first-order valence-electron chi connectivity index (χ1n) is 6.63. The highest BCUT2D eigenvalue weighted by molar-refractivity contribution is 4.91. The number of nitrogens with two attached hydrogens (primary N) is 1. The van der Waals surface area contributed by atoms with Crippen molar-refractivity contribution in [2.75, 3.05) is 19.6 Å². The normalized spacial score (nSPS) is 40.4. The predicted octanol–water partition coefficient (Wildman–Crippen LogP) is 2.14. The standard InChI is InChI=1S/C13H26N2/c1-13(10-15-6-5-14)8-11-3-2-4-12(7-11)9-13/h11-12,15H,2-10,14H2,1H3. The molecule has 0 spiro atoms. The second-order valence-electron chi connectivity index (χ2n) is 6.08. The third-order valence-electron chi connectivity index (χ3n) is 4.33. The smallest absolute Gasteiger partial charge is 0.00747 e. The highest BCUT2D eigenvalue weighted by atomic mass is 14.9. The molecule has 0 aromatic rings. The molecule has 0 aromatic carbocycles. The van der Waals surface area contributed by atoms with Gasteiger partial charge in [0.1, 0.15) is 0 Å². The predicted molar refractivity (Wildman–Crippen MR) is 64.7 cm³/mol. The molecule has 0 radical (unpaired) electrons. The van der Waals surface area contributed by atoms with E-state index in [9.17, 15) is 0 Å². The van der Waals surface area contributed by atoms with Crippen molar-refractivity contribution in [3.63, 3.8) is 0 Å². The molecule has 0 amide bonds. The van der Waals surface area contributed by atoms with Crippen LogP contribution >= 0.6 is 0 Å². The second kappa shape index (κ2) is 4.84. The maximum atomic E-state index is 5.52. The zero-order valence-electron chi connectivity index (χ0n) is 10.1. The van der Waals surface area contributed by atoms with Crippen LogP contribution < -0.4 is 11.1 Å². The molecule has 0 aliphatic heterocycles. The minimum Gasteiger partial charge on any atom is -0.329 e. The highest BCUT2D eigenvalue weighted by Gasteiger charge is 2.38. The Bertz CT molecular complexity index is 191. The molecule has 3 N–H and O–H groups in total. The van der Waals surface area contributed by atoms with Crippen LogP contribution in [0, 0.1) is 17.3 Å². The lowest BCUT2D eigenvalue weighted by Crippen LogP contribution is -2.41. The van der Waals surface area contributed by atoms with Gasteiger partial charge in [-0.05, 0) is 36.5 Å². The van der Waals surface area contributed by atoms with E-state index >= 15 is 0 Å². The molecule has 2 nitrogen and oxygen atoms in total. The molecule has 2 heteroatoms. The van der Waals surface area contributed by atoms with Crippen molar-refractivity contribution < 1.29 is 0 Å². The third-order valence-corrected chi connectivity index (χ3v) is 4.33. The van der Waals surface area contributed by atoms with Gasteiger partial charge < -0.3 is 11.1 Å². The summed E-state index contributed by atoms with van der Waals surface area (Å²) in [4.78, 5) is 0. The molecule has 2 saturated carbocycles. The number of fused-ring (bicyclic) bond motifs is 2. The number of hydrogen-bond donors (Lipinski definition) is 2. The maximum absolute atomic E-state index is 5.52. The van der Waals surface area contributed by atoms with Gasteiger partial charge in [0.15, 0.2) is 0 Å². The van der Waals surface area contributed by atoms with Gasteiger partial charge in [0.25, 0.3) is 0 Å². The van der Waals surface area contributed by atoms with Gasteiger partial charge in [-0.25, -0.2) is 0 Å². The Labute approximate surface area is 94.0 Å². The van der Waals surface area contributed by atoms with Crippen molar-refractivity contribution >= 4 is 0 Å². The number of hydrogen-bond acceptors (Lipinski definition) is 2. The van der Waals surface area contributed by atoms with E-state index in [-0.39, 0.29) is 0 Å². The van der Waals surface area contributed by atoms with E-state index in [1.807, 2.05) is 0 Å². The SMILES string of the molecule is CC1(CNCCN)CC2CCCC(C2)C1. The Morgan fingerprint density at radius 2 is 1.93 bits per heavy atom. The van der Waals surface area contributed by atoms with Crippen LogP contribution in [0.3, 0.4) is 0 Å². The molecule has 0 heterocycles. The maximum Gasteiger partial charge on any atom is 0.00747 e. The van der Waals surface area contributed by atoms with Gasteiger partial charge in [-0.3, -0.25) is 0 Å². The molecule has 0 aromatic heterocycles. The van der Waals surface area contributed by atoms with Crippen molar-refractivity contribution in [3.05, 3.63) is 0 Å². The Morgan fingerprint density at radius 1 is 1.27 bits per heavy atom. The first-order chi connectivity index (χ1) is 7.22. The number of rotatable bonds is 4. The highest BCUT2D eigenvalue weighted by Crippen LogP contribution is 2.48. The Balaban J connectivity index is 1.85. The molecule has 0 saturated heterocycles. The molecule has 2 aliphatic rings. The van der Waals surface area contributed by atoms with Gasteiger partial charge in [-0.15, -0.1) is 0 Å². The third kappa shape index (κ3) is 2.94. The summed E-state index contributed by atoms with van der Waals surface area (Å²) >= 11 is 0. The fraction of sp³-hybridized carbons (Fsp3) is 1.00. The first kappa shape index (κ1) is 11.4. The van der Waals surface area contributed by atoms with Crippen molar-refractivity contribution in [1.29, 1.82) is 0 Å². The summed E-state index contributed by atoms with van der Waals surface area (Å²) in [6, 6.07) is 0. The monoisotopic (exact) mass is 210 g/mol. The molecule has 15 heavy (non-hydrogen) atoms. The summed E-state index contributed by atoms with van der Waals surface area (Å²) in [5.41, 5.74) is 6.08. The van der Waals surface area contributed by atoms with Gasteiger partial charge in [0, 0.05) is 19.6 Å². The molecule has 2 bridgehead atoms. The summed E-state index contributed by atoms with van der Waals surface area (Å²) in [6.07, 6.45) is 8.88. The van der Waals surface area contributed by atoms with Gasteiger partial charge in [-0.1, -0.05) is 26.2 Å². The minimum atomic E-state index is 0.559. The lowest BCUT2D eigenvalue weighted by molar-refractivity contribution is 0.0686. The van der Waals surface area contributed by atoms with E-state index in [2.05, 4.69) is 12.2 Å². The van der Waals surface area contributed by atoms with Gasteiger partial charge in [-0.2, -0.15) is 0 Å². The first-order valence-corrected chi connectivity index (χ1v) is 6.63. The van der Waals surface area contributed by atoms with Crippen molar-refractivity contribution in [2.45, 2.75) is 45.4 Å². The van der Waals surface area contributed by atoms with Crippen LogP contribution in [0.4, 0.5) is 0 Å². The molecule has 2 aliphatic carbocycles. The summed E-state index contributed by atoms with van der Waals surface area (Å²) in [6.45, 7) is 5.39. The van der Waals surface area contributed by atoms with Crippen molar-refractivity contribution in [1.82, 2.24) is 5.32 Å². The Hall–Kier alpha value is -0.0800. The van der Waals surface area contributed by atoms with Crippen LogP contribution in [0.25, 0.3) is 0 Å². The van der Waals surface area contributed by atoms with Crippen LogP contribution in [0.15, 0.2) is 0 Å². The fourth-order valence-electron chi connectivity index (χ4n) is 3.89. The van der Waals surface area contributed by atoms with E-state index in [0.717, 1.165) is 24.9 Å². The lowest BCUT2D eigenvalue weighted by Gasteiger charge is -2.45. The van der Waals surface area contributed by atoms with Crippen LogP contribution in [-0.4, -0.2) is 19.6 Å². The van der Waals surface area contributed by atoms with E-state index in [1.165, 1.54) is 45.1 Å². The average molecular weight is 210 g/mol. The number of nitrogens with one attached hydrogen (secondary N) is 1.